The predicted octanol–water partition coefficient (Wildman–Crippen LogP) is 12.9. The van der Waals surface area contributed by atoms with Gasteiger partial charge in [-0.2, -0.15) is 5.39 Å². The van der Waals surface area contributed by atoms with Crippen molar-refractivity contribution in [2.45, 2.75) is 90.0 Å². The van der Waals surface area contributed by atoms with Crippen molar-refractivity contribution in [3.05, 3.63) is 127 Å². The number of benzene rings is 4. The largest absolute Gasteiger partial charge is 0.701 e. The van der Waals surface area contributed by atoms with Gasteiger partial charge in [0.1, 0.15) is 0 Å². The van der Waals surface area contributed by atoms with Crippen molar-refractivity contribution >= 4 is 27.8 Å². The average Bonchev–Trinajstić information content (AvgIpc) is 2.97. The number of nitrogens with zero attached hydrogens (tertiary/aromatic N) is 2. The van der Waals surface area contributed by atoms with Crippen LogP contribution >= 0.6 is 0 Å². The van der Waals surface area contributed by atoms with Gasteiger partial charge in [0.05, 0.1) is 0 Å². The Morgan fingerprint density at radius 3 is 2.02 bits per heavy atom. The van der Waals surface area contributed by atoms with E-state index in [0.717, 1.165) is 28.4 Å². The molecule has 4 atom stereocenters. The molecule has 0 N–H and O–H groups in total. The fourth-order valence-electron chi connectivity index (χ4n) is 7.50. The Bertz CT molecular complexity index is 1420. The molecular weight excluding hydrogens is 687 g/mol. The first-order valence-corrected chi connectivity index (χ1v) is 15.5. The number of rotatable bonds is 7. The zero-order chi connectivity index (χ0) is 27.6. The molecule has 43 heavy (non-hydrogen) atoms. The maximum Gasteiger partial charge on any atom is 0 e. The molecule has 2 aliphatic rings. The van der Waals surface area contributed by atoms with E-state index in [0.29, 0.717) is 29.7 Å². The molecule has 0 amide bonds. The minimum Gasteiger partial charge on any atom is -0.701 e. The molecule has 228 valence electrons. The second-order valence-corrected chi connectivity index (χ2v) is 12.7. The van der Waals surface area contributed by atoms with Gasteiger partial charge < -0.3 is 25.5 Å². The standard InChI is InChI=1S/C38H43N2.2CH3.Hf/c1-25(2)31-17-11-18-32(26(3)4)38(31)40-35-20-9-12-27-22-23-29(24-34(27)35)33-19-8-13-28-14-10-21-36(37(28)33)39-30-15-6-5-7-16-30;;;/h5-7,9,11-12,15-18,20,22-23,25-26,28,33,36-37H,8,10,13-14,19,21H2,1-4H3;2*1H3;/q-3;2*-1;. The molecule has 0 aromatic heterocycles. The summed E-state index contributed by atoms with van der Waals surface area (Å²) in [4.78, 5) is 0. The van der Waals surface area contributed by atoms with E-state index in [1.54, 1.807) is 0 Å². The molecule has 6 rings (SSSR count). The van der Waals surface area contributed by atoms with Crippen LogP contribution in [-0.4, -0.2) is 6.04 Å². The van der Waals surface area contributed by atoms with Crippen molar-refractivity contribution < 1.29 is 25.8 Å². The first-order chi connectivity index (χ1) is 19.5. The molecule has 0 radical (unpaired) electrons. The summed E-state index contributed by atoms with van der Waals surface area (Å²) in [5.74, 6) is 2.70. The minimum absolute atomic E-state index is 0. The Labute approximate surface area is 281 Å². The second kappa shape index (κ2) is 15.6. The average molecular weight is 736 g/mol. The molecule has 0 spiro atoms. The molecule has 4 aromatic carbocycles. The van der Waals surface area contributed by atoms with E-state index in [9.17, 15) is 0 Å². The van der Waals surface area contributed by atoms with Gasteiger partial charge in [0.2, 0.25) is 0 Å². The molecule has 2 aliphatic carbocycles. The van der Waals surface area contributed by atoms with Crippen molar-refractivity contribution in [1.29, 1.82) is 0 Å². The quantitative estimate of drug-likeness (QED) is 0.134. The monoisotopic (exact) mass is 737 g/mol. The third kappa shape index (κ3) is 7.47. The zero-order valence-corrected chi connectivity index (χ0v) is 30.7. The van der Waals surface area contributed by atoms with Crippen molar-refractivity contribution in [2.24, 2.45) is 11.8 Å². The fraction of sp³-hybridized carbons (Fsp3) is 0.400. The van der Waals surface area contributed by atoms with Gasteiger partial charge in [-0.3, -0.25) is 0 Å². The summed E-state index contributed by atoms with van der Waals surface area (Å²) in [6, 6.07) is 32.9. The Kier molecular flexibility index (Phi) is 12.7. The summed E-state index contributed by atoms with van der Waals surface area (Å²) in [6.45, 7) is 9.08. The van der Waals surface area contributed by atoms with Gasteiger partial charge in [0.25, 0.3) is 0 Å². The van der Waals surface area contributed by atoms with Gasteiger partial charge >= 0.3 is 0 Å². The topological polar surface area (TPSA) is 28.2 Å². The van der Waals surface area contributed by atoms with Gasteiger partial charge in [-0.1, -0.05) is 132 Å². The number of fused-ring (bicyclic) bond motifs is 2. The Morgan fingerprint density at radius 2 is 1.35 bits per heavy atom. The first-order valence-electron chi connectivity index (χ1n) is 15.5. The molecule has 0 aliphatic heterocycles. The van der Waals surface area contributed by atoms with Crippen LogP contribution in [0.15, 0.2) is 78.9 Å². The molecule has 0 saturated heterocycles. The Morgan fingerprint density at radius 1 is 0.698 bits per heavy atom. The van der Waals surface area contributed by atoms with Crippen molar-refractivity contribution in [2.75, 3.05) is 0 Å². The number of hydrogen-bond donors (Lipinski definition) is 0. The molecule has 3 heteroatoms. The number of para-hydroxylation sites is 2. The molecule has 0 heterocycles. The van der Waals surface area contributed by atoms with Crippen molar-refractivity contribution in [1.82, 2.24) is 0 Å². The van der Waals surface area contributed by atoms with E-state index < -0.39 is 0 Å². The summed E-state index contributed by atoms with van der Waals surface area (Å²) in [6.07, 6.45) is 7.73. The molecule has 2 fully saturated rings. The van der Waals surface area contributed by atoms with Crippen LogP contribution in [-0.2, 0) is 25.8 Å². The van der Waals surface area contributed by atoms with Crippen LogP contribution in [0.2, 0.25) is 0 Å². The van der Waals surface area contributed by atoms with E-state index in [2.05, 4.69) is 113 Å². The van der Waals surface area contributed by atoms with Crippen LogP contribution < -0.4 is 0 Å². The van der Waals surface area contributed by atoms with Crippen LogP contribution in [0.25, 0.3) is 21.4 Å². The van der Waals surface area contributed by atoms with Crippen LogP contribution in [0.3, 0.4) is 0 Å². The van der Waals surface area contributed by atoms with Crippen molar-refractivity contribution in [3.63, 3.8) is 0 Å². The Balaban J connectivity index is 0.00000169. The normalized spacial score (nSPS) is 21.3. The second-order valence-electron chi connectivity index (χ2n) is 12.7. The van der Waals surface area contributed by atoms with Crippen LogP contribution in [0.4, 0.5) is 17.1 Å². The molecule has 4 unspecified atom stereocenters. The maximum atomic E-state index is 5.40. The van der Waals surface area contributed by atoms with Gasteiger partial charge in [0.15, 0.2) is 0 Å². The van der Waals surface area contributed by atoms with Crippen LogP contribution in [0, 0.1) is 32.8 Å². The van der Waals surface area contributed by atoms with Crippen LogP contribution in [0.5, 0.6) is 0 Å². The molecule has 2 nitrogen and oxygen atoms in total. The molecule has 4 aromatic rings. The first kappa shape index (κ1) is 35.1. The summed E-state index contributed by atoms with van der Waals surface area (Å²) >= 11 is 0. The van der Waals surface area contributed by atoms with E-state index in [4.69, 9.17) is 10.6 Å². The Hall–Kier alpha value is -2.39. The summed E-state index contributed by atoms with van der Waals surface area (Å²) in [7, 11) is 0. The van der Waals surface area contributed by atoms with Gasteiger partial charge in [-0.05, 0) is 36.0 Å². The summed E-state index contributed by atoms with van der Waals surface area (Å²) in [5.41, 5.74) is 7.32. The van der Waals surface area contributed by atoms with E-state index in [-0.39, 0.29) is 40.7 Å². The summed E-state index contributed by atoms with van der Waals surface area (Å²) in [5, 5.41) is 13.1. The third-order valence-corrected chi connectivity index (χ3v) is 9.45. The molecule has 0 bridgehead atoms. The fourth-order valence-corrected chi connectivity index (χ4v) is 7.50. The third-order valence-electron chi connectivity index (χ3n) is 9.45. The van der Waals surface area contributed by atoms with E-state index in [1.165, 1.54) is 60.6 Å². The SMILES string of the molecule is CC(C)c1cccc(C(C)C)c1[N-]c1cccc2ccc(C3CCCC4CCCC([N-]c5ccccc5)C43)[c-]c12.[CH3-].[CH3-].[Hf]. The predicted molar refractivity (Wildman–Crippen MR) is 184 cm³/mol. The maximum absolute atomic E-state index is 5.40. The summed E-state index contributed by atoms with van der Waals surface area (Å²) < 4.78 is 0. The van der Waals surface area contributed by atoms with E-state index >= 15 is 0 Å². The van der Waals surface area contributed by atoms with Crippen LogP contribution in [0.1, 0.15) is 101 Å². The van der Waals surface area contributed by atoms with Crippen molar-refractivity contribution in [3.8, 4) is 0 Å². The van der Waals surface area contributed by atoms with Gasteiger partial charge in [-0.25, -0.2) is 5.69 Å². The molecule has 2 saturated carbocycles. The van der Waals surface area contributed by atoms with Gasteiger partial charge in [-0.15, -0.1) is 52.6 Å². The smallest absolute Gasteiger partial charge is 0 e. The number of hydrogen-bond acceptors (Lipinski definition) is 0. The van der Waals surface area contributed by atoms with E-state index in [1.807, 2.05) is 0 Å². The zero-order valence-electron chi connectivity index (χ0n) is 27.1. The minimum atomic E-state index is 0. The van der Waals surface area contributed by atoms with Gasteiger partial charge in [0, 0.05) is 25.8 Å². The molecular formula is C40H49HfN2-5.